The lowest BCUT2D eigenvalue weighted by Gasteiger charge is -2.31. The van der Waals surface area contributed by atoms with Crippen LogP contribution in [0.5, 0.6) is 5.75 Å². The Bertz CT molecular complexity index is 919. The van der Waals surface area contributed by atoms with Gasteiger partial charge in [-0.05, 0) is 55.7 Å². The van der Waals surface area contributed by atoms with Gasteiger partial charge < -0.3 is 15.4 Å². The van der Waals surface area contributed by atoms with Crippen LogP contribution in [0.25, 0.3) is 0 Å². The average molecular weight is 499 g/mol. The third-order valence-electron chi connectivity index (χ3n) is 5.09. The minimum absolute atomic E-state index is 0.0864. The van der Waals surface area contributed by atoms with Gasteiger partial charge in [0.1, 0.15) is 5.75 Å². The van der Waals surface area contributed by atoms with Crippen LogP contribution >= 0.6 is 15.9 Å². The van der Waals surface area contributed by atoms with Gasteiger partial charge in [0, 0.05) is 16.2 Å². The van der Waals surface area contributed by atoms with E-state index in [0.29, 0.717) is 18.5 Å². The van der Waals surface area contributed by atoms with Crippen molar-refractivity contribution < 1.29 is 27.5 Å². The summed E-state index contributed by atoms with van der Waals surface area (Å²) in [6.45, 7) is -0.320. The van der Waals surface area contributed by atoms with Gasteiger partial charge in [-0.25, -0.2) is 0 Å². The number of nitrogens with one attached hydrogen (secondary N) is 2. The molecule has 2 atom stereocenters. The van der Waals surface area contributed by atoms with Gasteiger partial charge in [0.05, 0.1) is 11.5 Å². The molecule has 1 aliphatic carbocycles. The Morgan fingerprint density at radius 2 is 1.77 bits per heavy atom. The largest absolute Gasteiger partial charge is 0.483 e. The highest BCUT2D eigenvalue weighted by atomic mass is 79.9. The number of hydrogen-bond donors (Lipinski definition) is 2. The number of para-hydroxylation sites is 1. The second-order valence-corrected chi connectivity index (χ2v) is 8.33. The maximum Gasteiger partial charge on any atom is 0.391 e. The zero-order chi connectivity index (χ0) is 22.4. The van der Waals surface area contributed by atoms with E-state index in [4.69, 9.17) is 4.74 Å². The number of alkyl halides is 3. The number of benzene rings is 2. The van der Waals surface area contributed by atoms with Crippen LogP contribution in [0.4, 0.5) is 18.9 Å². The molecule has 1 fully saturated rings. The molecule has 0 heterocycles. The van der Waals surface area contributed by atoms with Gasteiger partial charge in [0.25, 0.3) is 11.8 Å². The molecule has 9 heteroatoms. The second-order valence-electron chi connectivity index (χ2n) is 7.42. The summed E-state index contributed by atoms with van der Waals surface area (Å²) in [7, 11) is 0. The quantitative estimate of drug-likeness (QED) is 0.566. The summed E-state index contributed by atoms with van der Waals surface area (Å²) in [5.41, 5.74) is 0.771. The predicted molar refractivity (Wildman–Crippen MR) is 114 cm³/mol. The first-order valence-electron chi connectivity index (χ1n) is 9.87. The fourth-order valence-corrected chi connectivity index (χ4v) is 3.80. The van der Waals surface area contributed by atoms with Gasteiger partial charge in [-0.2, -0.15) is 13.2 Å². The van der Waals surface area contributed by atoms with E-state index in [-0.39, 0.29) is 30.8 Å². The minimum Gasteiger partial charge on any atom is -0.483 e. The summed E-state index contributed by atoms with van der Waals surface area (Å²) >= 11 is 3.31. The molecule has 1 saturated carbocycles. The first-order valence-corrected chi connectivity index (χ1v) is 10.7. The number of carbonyl (C=O) groups is 2. The monoisotopic (exact) mass is 498 g/mol. The van der Waals surface area contributed by atoms with E-state index in [1.807, 2.05) is 0 Å². The van der Waals surface area contributed by atoms with Crippen molar-refractivity contribution in [3.63, 3.8) is 0 Å². The summed E-state index contributed by atoms with van der Waals surface area (Å²) in [6.07, 6.45) is -3.40. The SMILES string of the molecule is O=C(COc1ccccc1C(=O)N[C@@H]1CCC[C@@H](C(F)(F)F)C1)Nc1ccc(Br)cc1. The van der Waals surface area contributed by atoms with E-state index in [0.717, 1.165) is 4.47 Å². The molecule has 1 aliphatic rings. The van der Waals surface area contributed by atoms with Crippen LogP contribution in [-0.4, -0.2) is 30.6 Å². The third kappa shape index (κ3) is 6.72. The number of hydrogen-bond acceptors (Lipinski definition) is 3. The number of rotatable bonds is 6. The number of carbonyl (C=O) groups excluding carboxylic acids is 2. The Kier molecular flexibility index (Phi) is 7.59. The van der Waals surface area contributed by atoms with Crippen LogP contribution in [0.3, 0.4) is 0 Å². The molecule has 2 aromatic rings. The van der Waals surface area contributed by atoms with E-state index < -0.39 is 30.0 Å². The molecular formula is C22H22BrF3N2O3. The lowest BCUT2D eigenvalue weighted by atomic mass is 9.85. The second kappa shape index (κ2) is 10.2. The van der Waals surface area contributed by atoms with Gasteiger partial charge >= 0.3 is 6.18 Å². The smallest absolute Gasteiger partial charge is 0.391 e. The molecule has 2 N–H and O–H groups in total. The molecule has 0 saturated heterocycles. The summed E-state index contributed by atoms with van der Waals surface area (Å²) in [5, 5.41) is 5.37. The fraction of sp³-hybridized carbons (Fsp3) is 0.364. The fourth-order valence-electron chi connectivity index (χ4n) is 3.54. The molecule has 0 spiro atoms. The van der Waals surface area contributed by atoms with Crippen molar-refractivity contribution in [2.24, 2.45) is 5.92 Å². The van der Waals surface area contributed by atoms with Crippen LogP contribution < -0.4 is 15.4 Å². The van der Waals surface area contributed by atoms with Crippen molar-refractivity contribution in [1.29, 1.82) is 0 Å². The average Bonchev–Trinajstić information content (AvgIpc) is 2.74. The number of amides is 2. The zero-order valence-corrected chi connectivity index (χ0v) is 18.1. The molecule has 2 amide bonds. The molecule has 0 bridgehead atoms. The Morgan fingerprint density at radius 1 is 1.06 bits per heavy atom. The Balaban J connectivity index is 1.58. The third-order valence-corrected chi connectivity index (χ3v) is 5.62. The van der Waals surface area contributed by atoms with Crippen LogP contribution in [0.15, 0.2) is 53.0 Å². The van der Waals surface area contributed by atoms with Crippen molar-refractivity contribution in [1.82, 2.24) is 5.32 Å². The van der Waals surface area contributed by atoms with E-state index >= 15 is 0 Å². The van der Waals surface area contributed by atoms with Gasteiger partial charge in [-0.3, -0.25) is 9.59 Å². The highest BCUT2D eigenvalue weighted by Gasteiger charge is 2.42. The van der Waals surface area contributed by atoms with Crippen LogP contribution in [0, 0.1) is 5.92 Å². The van der Waals surface area contributed by atoms with Crippen molar-refractivity contribution in [3.05, 3.63) is 58.6 Å². The van der Waals surface area contributed by atoms with E-state index in [2.05, 4.69) is 26.6 Å². The molecule has 166 valence electrons. The molecule has 0 aliphatic heterocycles. The summed E-state index contributed by atoms with van der Waals surface area (Å²) in [6, 6.07) is 12.8. The maximum atomic E-state index is 13.0. The normalized spacial score (nSPS) is 18.8. The van der Waals surface area contributed by atoms with Crippen molar-refractivity contribution in [2.45, 2.75) is 37.9 Å². The Hall–Kier alpha value is -2.55. The van der Waals surface area contributed by atoms with Gasteiger partial charge in [0.2, 0.25) is 0 Å². The number of anilines is 1. The summed E-state index contributed by atoms with van der Waals surface area (Å²) < 4.78 is 45.4. The van der Waals surface area contributed by atoms with E-state index in [1.165, 1.54) is 6.07 Å². The van der Waals surface area contributed by atoms with Crippen molar-refractivity contribution >= 4 is 33.4 Å². The van der Waals surface area contributed by atoms with Crippen LogP contribution in [0.2, 0.25) is 0 Å². The molecule has 0 aromatic heterocycles. The van der Waals surface area contributed by atoms with Gasteiger partial charge in [0.15, 0.2) is 6.61 Å². The standard InChI is InChI=1S/C22H22BrF3N2O3/c23-15-8-10-16(11-9-15)27-20(29)13-31-19-7-2-1-6-18(19)21(30)28-17-5-3-4-14(12-17)22(24,25)26/h1-2,6-11,14,17H,3-5,12-13H2,(H,27,29)(H,28,30)/t14-,17-/m1/s1. The summed E-state index contributed by atoms with van der Waals surface area (Å²) in [5.74, 6) is -2.14. The highest BCUT2D eigenvalue weighted by molar-refractivity contribution is 9.10. The Labute approximate surface area is 186 Å². The highest BCUT2D eigenvalue weighted by Crippen LogP contribution is 2.37. The minimum atomic E-state index is -4.26. The lowest BCUT2D eigenvalue weighted by Crippen LogP contribution is -2.41. The molecule has 31 heavy (non-hydrogen) atoms. The molecule has 2 aromatic carbocycles. The molecule has 0 unspecified atom stereocenters. The topological polar surface area (TPSA) is 67.4 Å². The lowest BCUT2D eigenvalue weighted by molar-refractivity contribution is -0.183. The first-order chi connectivity index (χ1) is 14.7. The molecular weight excluding hydrogens is 477 g/mol. The first kappa shape index (κ1) is 23.1. The van der Waals surface area contributed by atoms with E-state index in [1.54, 1.807) is 42.5 Å². The zero-order valence-electron chi connectivity index (χ0n) is 16.5. The predicted octanol–water partition coefficient (Wildman–Crippen LogP) is 5.32. The maximum absolute atomic E-state index is 13.0. The summed E-state index contributed by atoms with van der Waals surface area (Å²) in [4.78, 5) is 24.8. The Morgan fingerprint density at radius 3 is 2.48 bits per heavy atom. The van der Waals surface area contributed by atoms with Crippen LogP contribution in [0.1, 0.15) is 36.0 Å². The van der Waals surface area contributed by atoms with Gasteiger partial charge in [-0.1, -0.05) is 34.5 Å². The van der Waals surface area contributed by atoms with Crippen molar-refractivity contribution in [2.75, 3.05) is 11.9 Å². The van der Waals surface area contributed by atoms with Crippen molar-refractivity contribution in [3.8, 4) is 5.75 Å². The van der Waals surface area contributed by atoms with E-state index in [9.17, 15) is 22.8 Å². The molecule has 0 radical (unpaired) electrons. The number of halogens is 4. The molecule has 5 nitrogen and oxygen atoms in total. The molecule has 3 rings (SSSR count). The van der Waals surface area contributed by atoms with Crippen LogP contribution in [-0.2, 0) is 4.79 Å². The number of ether oxygens (including phenoxy) is 1. The van der Waals surface area contributed by atoms with Gasteiger partial charge in [-0.15, -0.1) is 0 Å².